The van der Waals surface area contributed by atoms with Crippen LogP contribution in [0.25, 0.3) is 0 Å². The number of hydrogen-bond donors (Lipinski definition) is 1. The summed E-state index contributed by atoms with van der Waals surface area (Å²) in [5, 5.41) is 8.56. The first-order valence-corrected chi connectivity index (χ1v) is 5.52. The summed E-state index contributed by atoms with van der Waals surface area (Å²) in [6.45, 7) is 4.91. The maximum atomic E-state index is 11.6. The topological polar surface area (TPSA) is 57.6 Å². The van der Waals surface area contributed by atoms with E-state index in [1.807, 2.05) is 0 Å². The van der Waals surface area contributed by atoms with Crippen molar-refractivity contribution in [1.82, 2.24) is 4.90 Å². The van der Waals surface area contributed by atoms with E-state index in [9.17, 15) is 9.59 Å². The van der Waals surface area contributed by atoms with Gasteiger partial charge in [0, 0.05) is 12.6 Å². The lowest BCUT2D eigenvalue weighted by atomic mass is 10.1. The molecule has 0 spiro atoms. The Bertz CT molecular complexity index is 246. The van der Waals surface area contributed by atoms with Crippen LogP contribution in [0.3, 0.4) is 0 Å². The molecule has 86 valence electrons. The van der Waals surface area contributed by atoms with Crippen LogP contribution in [-0.4, -0.2) is 34.5 Å². The summed E-state index contributed by atoms with van der Waals surface area (Å²) >= 11 is 0. The maximum Gasteiger partial charge on any atom is 0.312 e. The number of rotatable bonds is 6. The van der Waals surface area contributed by atoms with Crippen LogP contribution in [0, 0.1) is 5.92 Å². The third kappa shape index (κ3) is 4.32. The van der Waals surface area contributed by atoms with Gasteiger partial charge in [-0.05, 0) is 25.2 Å². The van der Waals surface area contributed by atoms with E-state index in [2.05, 4.69) is 13.8 Å². The van der Waals surface area contributed by atoms with Gasteiger partial charge in [0.25, 0.3) is 0 Å². The molecule has 1 amide bonds. The van der Waals surface area contributed by atoms with Crippen molar-refractivity contribution in [2.24, 2.45) is 5.92 Å². The van der Waals surface area contributed by atoms with Crippen molar-refractivity contribution in [2.75, 3.05) is 6.54 Å². The molecule has 1 fully saturated rings. The van der Waals surface area contributed by atoms with Crippen molar-refractivity contribution < 1.29 is 14.7 Å². The fraction of sp³-hybridized carbons (Fsp3) is 0.818. The summed E-state index contributed by atoms with van der Waals surface area (Å²) in [5.41, 5.74) is 0. The number of carboxylic acid groups (broad SMARTS) is 1. The molecule has 1 N–H and O–H groups in total. The van der Waals surface area contributed by atoms with Crippen LogP contribution in [-0.2, 0) is 9.59 Å². The number of amides is 1. The Balaban J connectivity index is 2.42. The third-order valence-electron chi connectivity index (χ3n) is 2.56. The summed E-state index contributed by atoms with van der Waals surface area (Å²) in [7, 11) is 0. The summed E-state index contributed by atoms with van der Waals surface area (Å²) in [6, 6.07) is 0.315. The Morgan fingerprint density at radius 1 is 1.40 bits per heavy atom. The molecule has 0 bridgehead atoms. The summed E-state index contributed by atoms with van der Waals surface area (Å²) < 4.78 is 0. The van der Waals surface area contributed by atoms with Gasteiger partial charge in [0.15, 0.2) is 0 Å². The smallest absolute Gasteiger partial charge is 0.312 e. The minimum atomic E-state index is -1.03. The van der Waals surface area contributed by atoms with E-state index in [0.29, 0.717) is 18.5 Å². The zero-order valence-electron chi connectivity index (χ0n) is 9.40. The molecule has 1 rings (SSSR count). The SMILES string of the molecule is CC(C)CCN(C(=O)CC(=O)O)C1CC1. The molecular weight excluding hydrogens is 194 g/mol. The van der Waals surface area contributed by atoms with E-state index in [-0.39, 0.29) is 12.3 Å². The van der Waals surface area contributed by atoms with Crippen LogP contribution in [0.5, 0.6) is 0 Å². The Kier molecular flexibility index (Phi) is 4.12. The predicted molar refractivity (Wildman–Crippen MR) is 56.4 cm³/mol. The zero-order chi connectivity index (χ0) is 11.4. The van der Waals surface area contributed by atoms with Crippen LogP contribution in [0.1, 0.15) is 39.5 Å². The highest BCUT2D eigenvalue weighted by Crippen LogP contribution is 2.27. The van der Waals surface area contributed by atoms with Crippen molar-refractivity contribution >= 4 is 11.9 Å². The van der Waals surface area contributed by atoms with Crippen LogP contribution in [0.4, 0.5) is 0 Å². The Hall–Kier alpha value is -1.06. The van der Waals surface area contributed by atoms with Crippen molar-refractivity contribution in [3.63, 3.8) is 0 Å². The van der Waals surface area contributed by atoms with Gasteiger partial charge in [-0.25, -0.2) is 0 Å². The second-order valence-electron chi connectivity index (χ2n) is 4.57. The molecule has 4 nitrogen and oxygen atoms in total. The summed E-state index contributed by atoms with van der Waals surface area (Å²) in [4.78, 5) is 23.8. The van der Waals surface area contributed by atoms with Gasteiger partial charge in [-0.1, -0.05) is 13.8 Å². The predicted octanol–water partition coefficient (Wildman–Crippen LogP) is 1.50. The van der Waals surface area contributed by atoms with Crippen LogP contribution >= 0.6 is 0 Å². The molecule has 0 aliphatic heterocycles. The first-order valence-electron chi connectivity index (χ1n) is 5.52. The molecule has 0 aromatic rings. The zero-order valence-corrected chi connectivity index (χ0v) is 9.40. The van der Waals surface area contributed by atoms with E-state index in [1.54, 1.807) is 4.90 Å². The molecule has 0 aromatic carbocycles. The van der Waals surface area contributed by atoms with Gasteiger partial charge in [0.1, 0.15) is 6.42 Å². The number of carbonyl (C=O) groups excluding carboxylic acids is 1. The van der Waals surface area contributed by atoms with E-state index in [4.69, 9.17) is 5.11 Å². The lowest BCUT2D eigenvalue weighted by Crippen LogP contribution is -2.35. The van der Waals surface area contributed by atoms with E-state index in [0.717, 1.165) is 19.3 Å². The Labute approximate surface area is 90.3 Å². The van der Waals surface area contributed by atoms with E-state index >= 15 is 0 Å². The molecule has 1 saturated carbocycles. The van der Waals surface area contributed by atoms with Gasteiger partial charge in [-0.3, -0.25) is 9.59 Å². The summed E-state index contributed by atoms with van der Waals surface area (Å²) in [5.74, 6) is -0.718. The fourth-order valence-electron chi connectivity index (χ4n) is 1.53. The molecule has 15 heavy (non-hydrogen) atoms. The molecule has 1 aliphatic carbocycles. The second-order valence-corrected chi connectivity index (χ2v) is 4.57. The standard InChI is InChI=1S/C11H19NO3/c1-8(2)5-6-12(9-3-4-9)10(13)7-11(14)15/h8-9H,3-7H2,1-2H3,(H,14,15). The second kappa shape index (κ2) is 5.14. The first-order chi connectivity index (χ1) is 7.00. The largest absolute Gasteiger partial charge is 0.481 e. The highest BCUT2D eigenvalue weighted by Gasteiger charge is 2.32. The van der Waals surface area contributed by atoms with Crippen LogP contribution < -0.4 is 0 Å². The molecule has 1 aliphatic rings. The first kappa shape index (κ1) is 12.0. The lowest BCUT2D eigenvalue weighted by molar-refractivity contribution is -0.144. The maximum absolute atomic E-state index is 11.6. The van der Waals surface area contributed by atoms with Crippen molar-refractivity contribution in [3.05, 3.63) is 0 Å². The van der Waals surface area contributed by atoms with E-state index < -0.39 is 5.97 Å². The average Bonchev–Trinajstić information content (AvgIpc) is 2.86. The summed E-state index contributed by atoms with van der Waals surface area (Å²) in [6.07, 6.45) is 2.64. The number of hydrogen-bond acceptors (Lipinski definition) is 2. The highest BCUT2D eigenvalue weighted by atomic mass is 16.4. The van der Waals surface area contributed by atoms with Crippen molar-refractivity contribution in [3.8, 4) is 0 Å². The quantitative estimate of drug-likeness (QED) is 0.680. The number of aliphatic carboxylic acids is 1. The lowest BCUT2D eigenvalue weighted by Gasteiger charge is -2.22. The van der Waals surface area contributed by atoms with Gasteiger partial charge in [-0.15, -0.1) is 0 Å². The number of carbonyl (C=O) groups is 2. The average molecular weight is 213 g/mol. The van der Waals surface area contributed by atoms with Gasteiger partial charge in [0.2, 0.25) is 5.91 Å². The Morgan fingerprint density at radius 2 is 2.00 bits per heavy atom. The third-order valence-corrected chi connectivity index (χ3v) is 2.56. The Morgan fingerprint density at radius 3 is 2.40 bits per heavy atom. The van der Waals surface area contributed by atoms with Gasteiger partial charge in [-0.2, -0.15) is 0 Å². The highest BCUT2D eigenvalue weighted by molar-refractivity contribution is 5.93. The number of nitrogens with zero attached hydrogens (tertiary/aromatic N) is 1. The van der Waals surface area contributed by atoms with Gasteiger partial charge >= 0.3 is 5.97 Å². The van der Waals surface area contributed by atoms with Crippen LogP contribution in [0.2, 0.25) is 0 Å². The molecule has 0 heterocycles. The molecule has 0 radical (unpaired) electrons. The minimum Gasteiger partial charge on any atom is -0.481 e. The molecule has 0 aromatic heterocycles. The molecule has 0 atom stereocenters. The van der Waals surface area contributed by atoms with Gasteiger partial charge in [0.05, 0.1) is 0 Å². The molecule has 0 saturated heterocycles. The molecular formula is C11H19NO3. The van der Waals surface area contributed by atoms with Crippen molar-refractivity contribution in [2.45, 2.75) is 45.6 Å². The van der Waals surface area contributed by atoms with Crippen LogP contribution in [0.15, 0.2) is 0 Å². The molecule has 0 unspecified atom stereocenters. The van der Waals surface area contributed by atoms with Crippen molar-refractivity contribution in [1.29, 1.82) is 0 Å². The van der Waals surface area contributed by atoms with Gasteiger partial charge < -0.3 is 10.0 Å². The van der Waals surface area contributed by atoms with E-state index in [1.165, 1.54) is 0 Å². The monoisotopic (exact) mass is 213 g/mol. The minimum absolute atomic E-state index is 0.231. The fourth-order valence-corrected chi connectivity index (χ4v) is 1.53. The molecule has 4 heteroatoms. The normalized spacial score (nSPS) is 15.4. The number of carboxylic acids is 1.